The number of nitriles is 1. The van der Waals surface area contributed by atoms with E-state index in [4.69, 9.17) is 10.2 Å². The Hall–Kier alpha value is -1.83. The van der Waals surface area contributed by atoms with Crippen molar-refractivity contribution >= 4 is 11.6 Å². The van der Waals surface area contributed by atoms with Gasteiger partial charge >= 0.3 is 0 Å². The minimum absolute atomic E-state index is 0.117. The average molecular weight is 275 g/mol. The molecule has 1 unspecified atom stereocenters. The van der Waals surface area contributed by atoms with Gasteiger partial charge in [-0.3, -0.25) is 0 Å². The maximum atomic E-state index is 8.86. The number of nitrogens with zero attached hydrogens (tertiary/aromatic N) is 4. The van der Waals surface area contributed by atoms with Crippen molar-refractivity contribution in [1.29, 1.82) is 5.26 Å². The van der Waals surface area contributed by atoms with Gasteiger partial charge in [-0.15, -0.1) is 0 Å². The summed E-state index contributed by atoms with van der Waals surface area (Å²) in [5.41, 5.74) is 0.890. The van der Waals surface area contributed by atoms with Gasteiger partial charge in [0, 0.05) is 31.1 Å². The van der Waals surface area contributed by atoms with Gasteiger partial charge in [-0.1, -0.05) is 20.8 Å². The third-order valence-corrected chi connectivity index (χ3v) is 3.41. The van der Waals surface area contributed by atoms with Crippen molar-refractivity contribution in [2.24, 2.45) is 0 Å². The molecule has 5 heteroatoms. The number of rotatable bonds is 4. The summed E-state index contributed by atoms with van der Waals surface area (Å²) >= 11 is 0. The maximum Gasteiger partial charge on any atom is 0.138 e. The molecule has 0 spiro atoms. The zero-order valence-electron chi connectivity index (χ0n) is 13.6. The summed E-state index contributed by atoms with van der Waals surface area (Å²) in [7, 11) is 3.84. The number of hydrogen-bond donors (Lipinski definition) is 1. The normalized spacial score (nSPS) is 12.7. The molecule has 5 nitrogen and oxygen atoms in total. The standard InChI is InChI=1S/C15H25N5/c1-10(8-9-16)20(7)13-11(2)12(17-6)18-14(19-13)15(3,4)5/h10H,8H2,1-7H3,(H,17,18,19). The Morgan fingerprint density at radius 2 is 1.95 bits per heavy atom. The highest BCUT2D eigenvalue weighted by atomic mass is 15.2. The van der Waals surface area contributed by atoms with Crippen LogP contribution in [0.1, 0.15) is 45.5 Å². The van der Waals surface area contributed by atoms with E-state index in [9.17, 15) is 0 Å². The zero-order valence-corrected chi connectivity index (χ0v) is 13.6. The molecule has 0 aromatic carbocycles. The summed E-state index contributed by atoms with van der Waals surface area (Å²) in [6.45, 7) is 10.3. The van der Waals surface area contributed by atoms with Crippen LogP contribution >= 0.6 is 0 Å². The largest absolute Gasteiger partial charge is 0.373 e. The molecule has 20 heavy (non-hydrogen) atoms. The van der Waals surface area contributed by atoms with E-state index >= 15 is 0 Å². The molecule has 1 rings (SSSR count). The van der Waals surface area contributed by atoms with Crippen LogP contribution in [0.2, 0.25) is 0 Å². The van der Waals surface area contributed by atoms with Crippen LogP contribution in [0, 0.1) is 18.3 Å². The van der Waals surface area contributed by atoms with Gasteiger partial charge < -0.3 is 10.2 Å². The number of hydrogen-bond acceptors (Lipinski definition) is 5. The van der Waals surface area contributed by atoms with Crippen molar-refractivity contribution < 1.29 is 0 Å². The summed E-state index contributed by atoms with van der Waals surface area (Å²) in [5.74, 6) is 2.53. The first-order valence-electron chi connectivity index (χ1n) is 6.89. The van der Waals surface area contributed by atoms with E-state index in [2.05, 4.69) is 42.0 Å². The number of nitrogens with one attached hydrogen (secondary N) is 1. The lowest BCUT2D eigenvalue weighted by Gasteiger charge is -2.28. The Labute approximate surface area is 122 Å². The molecule has 0 saturated carbocycles. The second-order valence-corrected chi connectivity index (χ2v) is 6.17. The second-order valence-electron chi connectivity index (χ2n) is 6.17. The summed E-state index contributed by atoms with van der Waals surface area (Å²) in [5, 5.41) is 12.0. The summed E-state index contributed by atoms with van der Waals surface area (Å²) in [6, 6.07) is 2.33. The lowest BCUT2D eigenvalue weighted by atomic mass is 9.95. The van der Waals surface area contributed by atoms with Crippen molar-refractivity contribution in [2.45, 2.75) is 52.5 Å². The fourth-order valence-electron chi connectivity index (χ4n) is 1.90. The van der Waals surface area contributed by atoms with Crippen LogP contribution in [0.15, 0.2) is 0 Å². The van der Waals surface area contributed by atoms with Crippen molar-refractivity contribution in [2.75, 3.05) is 24.3 Å². The fourth-order valence-corrected chi connectivity index (χ4v) is 1.90. The molecule has 0 radical (unpaired) electrons. The van der Waals surface area contributed by atoms with Crippen molar-refractivity contribution in [3.05, 3.63) is 11.4 Å². The number of anilines is 2. The van der Waals surface area contributed by atoms with Gasteiger partial charge in [0.15, 0.2) is 0 Å². The molecule has 0 aliphatic carbocycles. The van der Waals surface area contributed by atoms with E-state index in [-0.39, 0.29) is 11.5 Å². The molecule has 0 bridgehead atoms. The Bertz CT molecular complexity index is 510. The molecule has 1 heterocycles. The van der Waals surface area contributed by atoms with Gasteiger partial charge in [0.05, 0.1) is 12.5 Å². The van der Waals surface area contributed by atoms with Gasteiger partial charge in [0.2, 0.25) is 0 Å². The van der Waals surface area contributed by atoms with Crippen LogP contribution in [-0.4, -0.2) is 30.1 Å². The van der Waals surface area contributed by atoms with Crippen LogP contribution in [-0.2, 0) is 5.41 Å². The third kappa shape index (κ3) is 3.38. The fraction of sp³-hybridized carbons (Fsp3) is 0.667. The van der Waals surface area contributed by atoms with E-state index < -0.39 is 0 Å². The molecular formula is C15H25N5. The molecule has 1 aromatic rings. The molecule has 0 aliphatic heterocycles. The first kappa shape index (κ1) is 16.2. The van der Waals surface area contributed by atoms with E-state index in [1.807, 2.05) is 27.9 Å². The average Bonchev–Trinajstić information content (AvgIpc) is 2.37. The topological polar surface area (TPSA) is 64.8 Å². The van der Waals surface area contributed by atoms with Crippen LogP contribution in [0.3, 0.4) is 0 Å². The molecule has 0 aliphatic rings. The Balaban J connectivity index is 3.35. The predicted octanol–water partition coefficient (Wildman–Crippen LogP) is 2.86. The maximum absolute atomic E-state index is 8.86. The lowest BCUT2D eigenvalue weighted by Crippen LogP contribution is -2.31. The first-order valence-corrected chi connectivity index (χ1v) is 6.89. The first-order chi connectivity index (χ1) is 9.22. The summed E-state index contributed by atoms with van der Waals surface area (Å²) in [6.07, 6.45) is 0.472. The number of aromatic nitrogens is 2. The highest BCUT2D eigenvalue weighted by Gasteiger charge is 2.23. The highest BCUT2D eigenvalue weighted by Crippen LogP contribution is 2.28. The second kappa shape index (κ2) is 6.08. The minimum atomic E-state index is -0.118. The van der Waals surface area contributed by atoms with Gasteiger partial charge in [-0.05, 0) is 13.8 Å². The molecule has 110 valence electrons. The van der Waals surface area contributed by atoms with Crippen molar-refractivity contribution in [3.8, 4) is 6.07 Å². The summed E-state index contributed by atoms with van der Waals surface area (Å²) < 4.78 is 0. The molecule has 0 saturated heterocycles. The van der Waals surface area contributed by atoms with E-state index in [0.717, 1.165) is 23.0 Å². The summed E-state index contributed by atoms with van der Waals surface area (Å²) in [4.78, 5) is 11.4. The highest BCUT2D eigenvalue weighted by molar-refractivity contribution is 5.59. The quantitative estimate of drug-likeness (QED) is 0.915. The molecule has 0 amide bonds. The van der Waals surface area contributed by atoms with Gasteiger partial charge in [-0.2, -0.15) is 5.26 Å². The smallest absolute Gasteiger partial charge is 0.138 e. The molecular weight excluding hydrogens is 250 g/mol. The van der Waals surface area contributed by atoms with Crippen molar-refractivity contribution in [3.63, 3.8) is 0 Å². The van der Waals surface area contributed by atoms with Crippen LogP contribution in [0.25, 0.3) is 0 Å². The molecule has 1 aromatic heterocycles. The van der Waals surface area contributed by atoms with Crippen molar-refractivity contribution in [1.82, 2.24) is 9.97 Å². The monoisotopic (exact) mass is 275 g/mol. The van der Waals surface area contributed by atoms with Crippen LogP contribution < -0.4 is 10.2 Å². The molecule has 0 fully saturated rings. The lowest BCUT2D eigenvalue weighted by molar-refractivity contribution is 0.543. The van der Waals surface area contributed by atoms with Gasteiger partial charge in [0.25, 0.3) is 0 Å². The van der Waals surface area contributed by atoms with Crippen LogP contribution in [0.4, 0.5) is 11.6 Å². The van der Waals surface area contributed by atoms with E-state index in [1.54, 1.807) is 0 Å². The molecule has 1 N–H and O–H groups in total. The zero-order chi connectivity index (χ0) is 15.5. The Morgan fingerprint density at radius 1 is 1.35 bits per heavy atom. The van der Waals surface area contributed by atoms with E-state index in [0.29, 0.717) is 6.42 Å². The minimum Gasteiger partial charge on any atom is -0.373 e. The predicted molar refractivity (Wildman–Crippen MR) is 83.1 cm³/mol. The Kier molecular flexibility index (Phi) is 4.93. The SMILES string of the molecule is CNc1nc(C(C)(C)C)nc(N(C)C(C)CC#N)c1C. The van der Waals surface area contributed by atoms with Gasteiger partial charge in [0.1, 0.15) is 17.5 Å². The molecule has 1 atom stereocenters. The Morgan fingerprint density at radius 3 is 2.40 bits per heavy atom. The van der Waals surface area contributed by atoms with Gasteiger partial charge in [-0.25, -0.2) is 9.97 Å². The third-order valence-electron chi connectivity index (χ3n) is 3.41. The van der Waals surface area contributed by atoms with Crippen LogP contribution in [0.5, 0.6) is 0 Å². The van der Waals surface area contributed by atoms with E-state index in [1.165, 1.54) is 0 Å².